The molecule has 1 N–H and O–H groups in total. The summed E-state index contributed by atoms with van der Waals surface area (Å²) in [6, 6.07) is 12.4. The minimum Gasteiger partial charge on any atom is -0.322 e. The minimum absolute atomic E-state index is 0.251. The average molecular weight is 249 g/mol. The van der Waals surface area contributed by atoms with E-state index in [4.69, 9.17) is 5.26 Å². The second-order valence-corrected chi connectivity index (χ2v) is 3.80. The fourth-order valence-electron chi connectivity index (χ4n) is 1.50. The van der Waals surface area contributed by atoms with Crippen LogP contribution in [-0.2, 0) is 4.79 Å². The number of hydrogen-bond acceptors (Lipinski definition) is 3. The van der Waals surface area contributed by atoms with Crippen molar-refractivity contribution in [2.75, 3.05) is 5.32 Å². The third-order valence-electron chi connectivity index (χ3n) is 2.37. The van der Waals surface area contributed by atoms with Gasteiger partial charge in [0, 0.05) is 24.2 Å². The molecule has 1 heterocycles. The predicted molar refractivity (Wildman–Crippen MR) is 73.1 cm³/mol. The van der Waals surface area contributed by atoms with Gasteiger partial charge in [-0.05, 0) is 35.9 Å². The topological polar surface area (TPSA) is 65.8 Å². The van der Waals surface area contributed by atoms with Gasteiger partial charge < -0.3 is 5.32 Å². The first-order valence-corrected chi connectivity index (χ1v) is 5.67. The number of amides is 1. The van der Waals surface area contributed by atoms with Crippen LogP contribution in [-0.4, -0.2) is 10.9 Å². The van der Waals surface area contributed by atoms with Gasteiger partial charge in [-0.3, -0.25) is 9.78 Å². The lowest BCUT2D eigenvalue weighted by molar-refractivity contribution is -0.111. The van der Waals surface area contributed by atoms with E-state index in [2.05, 4.69) is 10.3 Å². The Morgan fingerprint density at radius 2 is 2.21 bits per heavy atom. The molecule has 92 valence electrons. The van der Waals surface area contributed by atoms with E-state index in [1.807, 2.05) is 12.1 Å². The van der Waals surface area contributed by atoms with Crippen molar-refractivity contribution in [3.63, 3.8) is 0 Å². The van der Waals surface area contributed by atoms with Gasteiger partial charge in [0.05, 0.1) is 11.6 Å². The number of nitrogens with zero attached hydrogens (tertiary/aromatic N) is 2. The van der Waals surface area contributed by atoms with Crippen molar-refractivity contribution in [1.29, 1.82) is 5.26 Å². The van der Waals surface area contributed by atoms with Crippen LogP contribution >= 0.6 is 0 Å². The van der Waals surface area contributed by atoms with Gasteiger partial charge in [0.2, 0.25) is 5.91 Å². The number of nitriles is 1. The number of hydrogen-bond donors (Lipinski definition) is 1. The molecule has 0 bridgehead atoms. The van der Waals surface area contributed by atoms with Crippen LogP contribution in [0.1, 0.15) is 11.1 Å². The summed E-state index contributed by atoms with van der Waals surface area (Å²) in [6.07, 6.45) is 6.44. The van der Waals surface area contributed by atoms with Gasteiger partial charge >= 0.3 is 0 Å². The molecule has 4 heteroatoms. The second-order valence-electron chi connectivity index (χ2n) is 3.80. The van der Waals surface area contributed by atoms with Crippen molar-refractivity contribution < 1.29 is 4.79 Å². The summed E-state index contributed by atoms with van der Waals surface area (Å²) < 4.78 is 0. The maximum Gasteiger partial charge on any atom is 0.248 e. The summed E-state index contributed by atoms with van der Waals surface area (Å²) in [7, 11) is 0. The summed E-state index contributed by atoms with van der Waals surface area (Å²) in [4.78, 5) is 15.6. The molecule has 0 aliphatic heterocycles. The van der Waals surface area contributed by atoms with Crippen LogP contribution in [0.4, 0.5) is 5.69 Å². The van der Waals surface area contributed by atoms with Crippen LogP contribution in [0, 0.1) is 11.3 Å². The summed E-state index contributed by atoms with van der Waals surface area (Å²) in [5.74, 6) is -0.251. The molecule has 4 nitrogen and oxygen atoms in total. The summed E-state index contributed by atoms with van der Waals surface area (Å²) in [5, 5.41) is 11.5. The Morgan fingerprint density at radius 3 is 2.95 bits per heavy atom. The molecule has 1 aromatic carbocycles. The third kappa shape index (κ3) is 3.79. The molecule has 0 saturated carbocycles. The van der Waals surface area contributed by atoms with E-state index in [9.17, 15) is 4.79 Å². The van der Waals surface area contributed by atoms with Crippen molar-refractivity contribution in [3.8, 4) is 6.07 Å². The molecule has 0 radical (unpaired) electrons. The molecule has 0 aliphatic rings. The first-order valence-electron chi connectivity index (χ1n) is 5.67. The maximum atomic E-state index is 11.7. The molecule has 0 saturated heterocycles. The van der Waals surface area contributed by atoms with E-state index in [-0.39, 0.29) is 5.91 Å². The predicted octanol–water partition coefficient (Wildman–Crippen LogP) is 2.61. The molecule has 0 unspecified atom stereocenters. The number of rotatable bonds is 3. The Hall–Kier alpha value is -2.93. The Bertz CT molecular complexity index is 642. The van der Waals surface area contributed by atoms with Gasteiger partial charge in [0.1, 0.15) is 0 Å². The molecule has 1 amide bonds. The molecule has 19 heavy (non-hydrogen) atoms. The Morgan fingerprint density at radius 1 is 1.32 bits per heavy atom. The highest BCUT2D eigenvalue weighted by atomic mass is 16.1. The zero-order chi connectivity index (χ0) is 13.5. The van der Waals surface area contributed by atoms with Crippen LogP contribution in [0.2, 0.25) is 0 Å². The lowest BCUT2D eigenvalue weighted by atomic mass is 10.2. The zero-order valence-corrected chi connectivity index (χ0v) is 10.1. The van der Waals surface area contributed by atoms with E-state index < -0.39 is 0 Å². The van der Waals surface area contributed by atoms with Crippen molar-refractivity contribution in [2.24, 2.45) is 0 Å². The van der Waals surface area contributed by atoms with Crippen molar-refractivity contribution in [3.05, 3.63) is 66.0 Å². The highest BCUT2D eigenvalue weighted by Crippen LogP contribution is 2.09. The standard InChI is InChI=1S/C15H11N3O/c16-10-13-3-1-5-14(9-13)18-15(19)7-6-12-4-2-8-17-11-12/h1-9,11H,(H,18,19). The summed E-state index contributed by atoms with van der Waals surface area (Å²) in [6.45, 7) is 0. The van der Waals surface area contributed by atoms with Crippen LogP contribution in [0.25, 0.3) is 6.08 Å². The van der Waals surface area contributed by atoms with Crippen LogP contribution in [0.15, 0.2) is 54.9 Å². The number of benzene rings is 1. The molecule has 2 rings (SSSR count). The summed E-state index contributed by atoms with van der Waals surface area (Å²) in [5.41, 5.74) is 1.96. The zero-order valence-electron chi connectivity index (χ0n) is 10.1. The van der Waals surface area contributed by atoms with Crippen LogP contribution in [0.5, 0.6) is 0 Å². The molecular formula is C15H11N3O. The van der Waals surface area contributed by atoms with Gasteiger partial charge in [-0.25, -0.2) is 0 Å². The molecular weight excluding hydrogens is 238 g/mol. The molecule has 1 aromatic heterocycles. The first kappa shape index (κ1) is 12.5. The van der Waals surface area contributed by atoms with Crippen molar-refractivity contribution in [2.45, 2.75) is 0 Å². The van der Waals surface area contributed by atoms with E-state index in [1.54, 1.807) is 48.8 Å². The number of anilines is 1. The van der Waals surface area contributed by atoms with Gasteiger partial charge in [-0.1, -0.05) is 12.1 Å². The smallest absolute Gasteiger partial charge is 0.248 e. The van der Waals surface area contributed by atoms with E-state index in [0.29, 0.717) is 11.3 Å². The normalized spacial score (nSPS) is 10.1. The first-order chi connectivity index (χ1) is 9.28. The monoisotopic (exact) mass is 249 g/mol. The molecule has 0 atom stereocenters. The number of aromatic nitrogens is 1. The Labute approximate surface area is 111 Å². The molecule has 0 fully saturated rings. The van der Waals surface area contributed by atoms with Gasteiger partial charge in [0.25, 0.3) is 0 Å². The largest absolute Gasteiger partial charge is 0.322 e. The maximum absolute atomic E-state index is 11.7. The number of carbonyl (C=O) groups excluding carboxylic acids is 1. The average Bonchev–Trinajstić information content (AvgIpc) is 2.46. The van der Waals surface area contributed by atoms with Gasteiger partial charge in [-0.15, -0.1) is 0 Å². The third-order valence-corrected chi connectivity index (χ3v) is 2.37. The highest BCUT2D eigenvalue weighted by Gasteiger charge is 1.98. The second kappa shape index (κ2) is 6.12. The Kier molecular flexibility index (Phi) is 4.04. The van der Waals surface area contributed by atoms with Crippen LogP contribution < -0.4 is 5.32 Å². The van der Waals surface area contributed by atoms with Crippen molar-refractivity contribution >= 4 is 17.7 Å². The van der Waals surface area contributed by atoms with Crippen LogP contribution in [0.3, 0.4) is 0 Å². The lowest BCUT2D eigenvalue weighted by Crippen LogP contribution is -2.07. The molecule has 0 aliphatic carbocycles. The number of nitrogens with one attached hydrogen (secondary N) is 1. The molecule has 0 spiro atoms. The fourth-order valence-corrected chi connectivity index (χ4v) is 1.50. The lowest BCUT2D eigenvalue weighted by Gasteiger charge is -2.01. The number of pyridine rings is 1. The van der Waals surface area contributed by atoms with Gasteiger partial charge in [-0.2, -0.15) is 5.26 Å². The SMILES string of the molecule is N#Cc1cccc(NC(=O)C=Cc2cccnc2)c1. The fraction of sp³-hybridized carbons (Fsp3) is 0. The molecule has 2 aromatic rings. The van der Waals surface area contributed by atoms with Gasteiger partial charge in [0.15, 0.2) is 0 Å². The number of carbonyl (C=O) groups is 1. The minimum atomic E-state index is -0.251. The Balaban J connectivity index is 2.02. The quantitative estimate of drug-likeness (QED) is 0.850. The highest BCUT2D eigenvalue weighted by molar-refractivity contribution is 6.01. The summed E-state index contributed by atoms with van der Waals surface area (Å²) >= 11 is 0. The van der Waals surface area contributed by atoms with Crippen molar-refractivity contribution in [1.82, 2.24) is 4.98 Å². The van der Waals surface area contributed by atoms with E-state index in [0.717, 1.165) is 5.56 Å². The van der Waals surface area contributed by atoms with E-state index in [1.165, 1.54) is 6.08 Å². The van der Waals surface area contributed by atoms with E-state index >= 15 is 0 Å².